The molecule has 2 rings (SSSR count). The number of nitrogens with zero attached hydrogens (tertiary/aromatic N) is 1. The van der Waals surface area contributed by atoms with E-state index in [0.29, 0.717) is 19.6 Å². The van der Waals surface area contributed by atoms with Crippen molar-refractivity contribution in [2.24, 2.45) is 0 Å². The second-order valence-electron chi connectivity index (χ2n) is 4.59. The van der Waals surface area contributed by atoms with E-state index in [9.17, 15) is 0 Å². The third-order valence-corrected chi connectivity index (χ3v) is 3.38. The average Bonchev–Trinajstić information content (AvgIpc) is 2.49. The zero-order chi connectivity index (χ0) is 15.1. The van der Waals surface area contributed by atoms with Crippen molar-refractivity contribution in [1.82, 2.24) is 0 Å². The lowest BCUT2D eigenvalue weighted by Gasteiger charge is -2.09. The lowest BCUT2D eigenvalue weighted by molar-refractivity contribution is 0.217. The van der Waals surface area contributed by atoms with Gasteiger partial charge in [0, 0.05) is 5.02 Å². The molecular weight excluding hydrogens is 286 g/mol. The maximum absolute atomic E-state index is 8.60. The quantitative estimate of drug-likeness (QED) is 0.752. The number of hydrogen-bond acceptors (Lipinski definition) is 3. The molecule has 0 spiro atoms. The number of nitriles is 1. The smallest absolute Gasteiger partial charge is 0.122 e. The van der Waals surface area contributed by atoms with E-state index in [1.807, 2.05) is 49.4 Å². The van der Waals surface area contributed by atoms with Gasteiger partial charge >= 0.3 is 0 Å². The summed E-state index contributed by atoms with van der Waals surface area (Å²) in [5.41, 5.74) is 1.97. The molecule has 4 heteroatoms. The molecule has 0 unspecified atom stereocenters. The first-order valence-electron chi connectivity index (χ1n) is 6.66. The van der Waals surface area contributed by atoms with E-state index < -0.39 is 0 Å². The molecule has 2 aromatic rings. The van der Waals surface area contributed by atoms with Crippen molar-refractivity contribution in [3.8, 4) is 17.6 Å². The molecule has 0 aromatic heterocycles. The minimum Gasteiger partial charge on any atom is -0.490 e. The molecule has 0 heterocycles. The fraction of sp³-hybridized carbons (Fsp3) is 0.235. The molecule has 2 aromatic carbocycles. The predicted molar refractivity (Wildman–Crippen MR) is 82.9 cm³/mol. The number of rotatable bonds is 6. The molecule has 0 aliphatic rings. The second kappa shape index (κ2) is 7.56. The van der Waals surface area contributed by atoms with Gasteiger partial charge in [0.1, 0.15) is 24.7 Å². The fourth-order valence-electron chi connectivity index (χ4n) is 1.82. The third-order valence-electron chi connectivity index (χ3n) is 2.96. The Morgan fingerprint density at radius 1 is 1.00 bits per heavy atom. The largest absolute Gasteiger partial charge is 0.490 e. The van der Waals surface area contributed by atoms with Crippen molar-refractivity contribution in [1.29, 1.82) is 5.26 Å². The van der Waals surface area contributed by atoms with Crippen LogP contribution in [-0.4, -0.2) is 13.2 Å². The first-order chi connectivity index (χ1) is 10.2. The van der Waals surface area contributed by atoms with E-state index in [2.05, 4.69) is 6.07 Å². The summed E-state index contributed by atoms with van der Waals surface area (Å²) in [6.07, 6.45) is 0.416. The fourth-order valence-corrected chi connectivity index (χ4v) is 1.94. The minimum atomic E-state index is 0.416. The summed E-state index contributed by atoms with van der Waals surface area (Å²) in [6, 6.07) is 15.2. The maximum atomic E-state index is 8.60. The van der Waals surface area contributed by atoms with Crippen molar-refractivity contribution in [2.75, 3.05) is 13.2 Å². The Hall–Kier alpha value is -2.18. The van der Waals surface area contributed by atoms with Crippen molar-refractivity contribution in [2.45, 2.75) is 13.3 Å². The summed E-state index contributed by atoms with van der Waals surface area (Å²) < 4.78 is 11.2. The van der Waals surface area contributed by atoms with Crippen LogP contribution in [0.4, 0.5) is 0 Å². The first-order valence-corrected chi connectivity index (χ1v) is 7.04. The van der Waals surface area contributed by atoms with E-state index >= 15 is 0 Å². The molecule has 0 bridgehead atoms. The number of benzene rings is 2. The van der Waals surface area contributed by atoms with Gasteiger partial charge in [-0.15, -0.1) is 0 Å². The van der Waals surface area contributed by atoms with Crippen LogP contribution < -0.4 is 9.47 Å². The zero-order valence-corrected chi connectivity index (χ0v) is 12.6. The molecule has 0 fully saturated rings. The molecule has 0 saturated carbocycles. The van der Waals surface area contributed by atoms with Gasteiger partial charge in [0.25, 0.3) is 0 Å². The molecule has 0 N–H and O–H groups in total. The molecule has 0 aliphatic heterocycles. The molecule has 0 atom stereocenters. The van der Waals surface area contributed by atoms with E-state index in [1.54, 1.807) is 0 Å². The van der Waals surface area contributed by atoms with Gasteiger partial charge in [-0.1, -0.05) is 23.7 Å². The van der Waals surface area contributed by atoms with E-state index in [-0.39, 0.29) is 0 Å². The summed E-state index contributed by atoms with van der Waals surface area (Å²) in [5.74, 6) is 1.55. The molecule has 3 nitrogen and oxygen atoms in total. The molecule has 0 radical (unpaired) electrons. The lowest BCUT2D eigenvalue weighted by atomic mass is 10.2. The van der Waals surface area contributed by atoms with Crippen LogP contribution in [0.25, 0.3) is 0 Å². The Balaban J connectivity index is 1.76. The van der Waals surface area contributed by atoms with Crippen LogP contribution >= 0.6 is 11.6 Å². The predicted octanol–water partition coefficient (Wildman–Crippen LogP) is 4.17. The standard InChI is InChI=1S/C17H16ClNO2/c1-13-12-16(6-7-17(13)18)21-11-10-20-15-4-2-14(3-5-15)8-9-19/h2-7,12H,8,10-11H2,1H3. The monoisotopic (exact) mass is 301 g/mol. The van der Waals surface area contributed by atoms with E-state index in [4.69, 9.17) is 26.3 Å². The van der Waals surface area contributed by atoms with Gasteiger partial charge in [-0.05, 0) is 48.4 Å². The summed E-state index contributed by atoms with van der Waals surface area (Å²) in [5, 5.41) is 9.33. The molecule has 108 valence electrons. The number of aryl methyl sites for hydroxylation is 1. The highest BCUT2D eigenvalue weighted by Gasteiger charge is 1.99. The topological polar surface area (TPSA) is 42.2 Å². The minimum absolute atomic E-state index is 0.416. The second-order valence-corrected chi connectivity index (χ2v) is 4.99. The Bertz CT molecular complexity index is 632. The van der Waals surface area contributed by atoms with Crippen LogP contribution in [0.1, 0.15) is 11.1 Å². The Kier molecular flexibility index (Phi) is 5.48. The van der Waals surface area contributed by atoms with Gasteiger partial charge in [-0.3, -0.25) is 0 Å². The van der Waals surface area contributed by atoms with Gasteiger partial charge in [0.05, 0.1) is 12.5 Å². The van der Waals surface area contributed by atoms with Gasteiger partial charge in [-0.25, -0.2) is 0 Å². The first kappa shape index (κ1) is 15.2. The molecule has 0 amide bonds. The Morgan fingerprint density at radius 2 is 1.62 bits per heavy atom. The summed E-state index contributed by atoms with van der Waals surface area (Å²) in [7, 11) is 0. The molecular formula is C17H16ClNO2. The summed E-state index contributed by atoms with van der Waals surface area (Å²) in [6.45, 7) is 2.86. The van der Waals surface area contributed by atoms with E-state index in [0.717, 1.165) is 27.6 Å². The maximum Gasteiger partial charge on any atom is 0.122 e. The van der Waals surface area contributed by atoms with Crippen LogP contribution in [0.5, 0.6) is 11.5 Å². The SMILES string of the molecule is Cc1cc(OCCOc2ccc(CC#N)cc2)ccc1Cl. The van der Waals surface area contributed by atoms with Crippen molar-refractivity contribution < 1.29 is 9.47 Å². The summed E-state index contributed by atoms with van der Waals surface area (Å²) >= 11 is 5.96. The van der Waals surface area contributed by atoms with Crippen molar-refractivity contribution in [3.63, 3.8) is 0 Å². The van der Waals surface area contributed by atoms with Crippen LogP contribution in [-0.2, 0) is 6.42 Å². The zero-order valence-electron chi connectivity index (χ0n) is 11.8. The third kappa shape index (κ3) is 4.70. The van der Waals surface area contributed by atoms with Crippen LogP contribution in [0, 0.1) is 18.3 Å². The molecule has 0 aliphatic carbocycles. The lowest BCUT2D eigenvalue weighted by Crippen LogP contribution is -2.09. The highest BCUT2D eigenvalue weighted by Crippen LogP contribution is 2.21. The van der Waals surface area contributed by atoms with Crippen LogP contribution in [0.2, 0.25) is 5.02 Å². The highest BCUT2D eigenvalue weighted by molar-refractivity contribution is 6.31. The van der Waals surface area contributed by atoms with E-state index in [1.165, 1.54) is 0 Å². The molecule has 0 saturated heterocycles. The number of ether oxygens (including phenoxy) is 2. The summed E-state index contributed by atoms with van der Waals surface area (Å²) in [4.78, 5) is 0. The van der Waals surface area contributed by atoms with Crippen molar-refractivity contribution in [3.05, 3.63) is 58.6 Å². The number of halogens is 1. The van der Waals surface area contributed by atoms with Crippen LogP contribution in [0.3, 0.4) is 0 Å². The highest BCUT2D eigenvalue weighted by atomic mass is 35.5. The van der Waals surface area contributed by atoms with Gasteiger partial charge in [-0.2, -0.15) is 5.26 Å². The number of hydrogen-bond donors (Lipinski definition) is 0. The van der Waals surface area contributed by atoms with Crippen LogP contribution in [0.15, 0.2) is 42.5 Å². The van der Waals surface area contributed by atoms with Gasteiger partial charge in [0.2, 0.25) is 0 Å². The van der Waals surface area contributed by atoms with Crippen molar-refractivity contribution >= 4 is 11.6 Å². The van der Waals surface area contributed by atoms with Gasteiger partial charge < -0.3 is 9.47 Å². The normalized spacial score (nSPS) is 9.95. The van der Waals surface area contributed by atoms with Gasteiger partial charge in [0.15, 0.2) is 0 Å². The Labute approximate surface area is 129 Å². The average molecular weight is 302 g/mol. The molecule has 21 heavy (non-hydrogen) atoms. The Morgan fingerprint density at radius 3 is 2.24 bits per heavy atom.